The van der Waals surface area contributed by atoms with Crippen LogP contribution in [0, 0.1) is 0 Å². The van der Waals surface area contributed by atoms with Gasteiger partial charge in [0.15, 0.2) is 21.5 Å². The summed E-state index contributed by atoms with van der Waals surface area (Å²) in [6.45, 7) is 0.916. The van der Waals surface area contributed by atoms with Gasteiger partial charge in [0.25, 0.3) is 0 Å². The molecule has 3 aromatic rings. The van der Waals surface area contributed by atoms with Crippen LogP contribution in [0.4, 0.5) is 0 Å². The molecule has 0 aromatic heterocycles. The van der Waals surface area contributed by atoms with Crippen LogP contribution < -0.4 is 15.9 Å². The second-order valence-corrected chi connectivity index (χ2v) is 13.9. The third-order valence-electron chi connectivity index (χ3n) is 6.10. The Labute approximate surface area is 181 Å². The van der Waals surface area contributed by atoms with Crippen molar-refractivity contribution in [2.24, 2.45) is 0 Å². The van der Waals surface area contributed by atoms with Crippen LogP contribution in [0.2, 0.25) is 0 Å². The second-order valence-electron chi connectivity index (χ2n) is 7.96. The summed E-state index contributed by atoms with van der Waals surface area (Å²) >= 11 is 4.20. The molecule has 1 unspecified atom stereocenters. The Morgan fingerprint density at radius 3 is 1.76 bits per heavy atom. The number of halogens is 1. The molecular formula is C25H24BrNOP+. The predicted molar refractivity (Wildman–Crippen MR) is 126 cm³/mol. The van der Waals surface area contributed by atoms with Gasteiger partial charge < -0.3 is 4.90 Å². The lowest BCUT2D eigenvalue weighted by Crippen LogP contribution is -2.29. The van der Waals surface area contributed by atoms with E-state index in [0.29, 0.717) is 11.9 Å². The van der Waals surface area contributed by atoms with Crippen molar-refractivity contribution >= 4 is 43.3 Å². The summed E-state index contributed by atoms with van der Waals surface area (Å²) < 4.78 is 0. The molecule has 0 spiro atoms. The van der Waals surface area contributed by atoms with Gasteiger partial charge in [-0.15, -0.1) is 0 Å². The van der Waals surface area contributed by atoms with Crippen LogP contribution in [0.5, 0.6) is 0 Å². The zero-order valence-corrected chi connectivity index (χ0v) is 18.7. The minimum Gasteiger partial charge on any atom is -0.339 e. The van der Waals surface area contributed by atoms with Gasteiger partial charge in [-0.1, -0.05) is 48.5 Å². The Balaban J connectivity index is 1.50. The fraction of sp³-hybridized carbons (Fsp3) is 0.240. The highest BCUT2D eigenvalue weighted by Gasteiger charge is 2.44. The lowest BCUT2D eigenvalue weighted by Gasteiger charge is -2.20. The Bertz CT molecular complexity index is 963. The largest absolute Gasteiger partial charge is 0.339 e. The van der Waals surface area contributed by atoms with E-state index in [1.807, 2.05) is 0 Å². The molecule has 146 valence electrons. The smallest absolute Gasteiger partial charge is 0.230 e. The average molecular weight is 465 g/mol. The molecule has 1 amide bonds. The molecule has 2 aliphatic rings. The number of hydrogen-bond donors (Lipinski definition) is 0. The first-order valence-electron chi connectivity index (χ1n) is 10.3. The lowest BCUT2D eigenvalue weighted by molar-refractivity contribution is -0.129. The molecule has 0 bridgehead atoms. The molecule has 2 fully saturated rings. The van der Waals surface area contributed by atoms with Gasteiger partial charge in [0.05, 0.1) is 5.92 Å². The number of benzene rings is 3. The van der Waals surface area contributed by atoms with Crippen LogP contribution in [0.3, 0.4) is 0 Å². The van der Waals surface area contributed by atoms with Gasteiger partial charge in [0, 0.05) is 12.6 Å². The van der Waals surface area contributed by atoms with Crippen molar-refractivity contribution < 1.29 is 4.79 Å². The molecule has 1 saturated heterocycles. The normalized spacial score (nSPS) is 19.6. The first-order valence-corrected chi connectivity index (χ1v) is 14.1. The van der Waals surface area contributed by atoms with Crippen LogP contribution in [-0.4, -0.2) is 23.4 Å². The molecule has 0 N–H and O–H groups in total. The van der Waals surface area contributed by atoms with Crippen LogP contribution in [0.15, 0.2) is 84.9 Å². The molecule has 1 aliphatic heterocycles. The number of hydrogen-bond acceptors (Lipinski definition) is 1. The van der Waals surface area contributed by atoms with Crippen LogP contribution in [-0.2, 0) is 4.79 Å². The van der Waals surface area contributed by atoms with Gasteiger partial charge in [-0.2, -0.15) is 0 Å². The molecule has 1 atom stereocenters. The standard InChI is InChI=1S/C25H24BrNOP/c26-29(21-7-3-1-4-8-21,22-9-5-2-6-10-22)23-15-11-19(12-16-23)24-17-18-27(25(24)28)20-13-14-20/h1-12,15-16,20,24H,13-14,17-18H2/q+1. The van der Waals surface area contributed by atoms with E-state index in [0.717, 1.165) is 18.5 Å². The van der Waals surface area contributed by atoms with E-state index in [1.165, 1.54) is 28.8 Å². The SMILES string of the molecule is O=C1C(c2ccc([P+](Br)(c3ccccc3)c3ccccc3)cc2)CCN1C1CC1. The van der Waals surface area contributed by atoms with Crippen molar-refractivity contribution in [2.75, 3.05) is 6.54 Å². The Kier molecular flexibility index (Phi) is 5.05. The number of carbonyl (C=O) groups is 1. The van der Waals surface area contributed by atoms with Gasteiger partial charge in [-0.25, -0.2) is 0 Å². The van der Waals surface area contributed by atoms with Crippen LogP contribution in [0.1, 0.15) is 30.7 Å². The number of likely N-dealkylation sites (tertiary alicyclic amines) is 1. The monoisotopic (exact) mass is 464 g/mol. The summed E-state index contributed by atoms with van der Waals surface area (Å²) in [6.07, 6.45) is 3.31. The molecular weight excluding hydrogens is 441 g/mol. The maximum Gasteiger partial charge on any atom is 0.230 e. The highest BCUT2D eigenvalue weighted by Crippen LogP contribution is 2.62. The number of amides is 1. The summed E-state index contributed by atoms with van der Waals surface area (Å²) in [5.41, 5.74) is 1.15. The summed E-state index contributed by atoms with van der Waals surface area (Å²) in [4.78, 5) is 14.9. The molecule has 0 radical (unpaired) electrons. The molecule has 5 rings (SSSR count). The molecule has 29 heavy (non-hydrogen) atoms. The van der Waals surface area contributed by atoms with Gasteiger partial charge in [-0.05, 0) is 61.2 Å². The highest BCUT2D eigenvalue weighted by molar-refractivity contribution is 9.44. The second kappa shape index (κ2) is 7.70. The highest BCUT2D eigenvalue weighted by atomic mass is 79.9. The fourth-order valence-electron chi connectivity index (χ4n) is 4.39. The number of nitrogens with zero attached hydrogens (tertiary/aromatic N) is 1. The van der Waals surface area contributed by atoms with Gasteiger partial charge >= 0.3 is 0 Å². The van der Waals surface area contributed by atoms with Crippen molar-refractivity contribution in [1.29, 1.82) is 0 Å². The van der Waals surface area contributed by atoms with E-state index in [-0.39, 0.29) is 5.92 Å². The maximum atomic E-state index is 12.8. The molecule has 1 saturated carbocycles. The summed E-state index contributed by atoms with van der Waals surface area (Å²) in [5, 5.41) is 3.88. The Morgan fingerprint density at radius 1 is 0.724 bits per heavy atom. The summed E-state index contributed by atoms with van der Waals surface area (Å²) in [7, 11) is 0. The number of rotatable bonds is 5. The molecule has 1 heterocycles. The predicted octanol–water partition coefficient (Wildman–Crippen LogP) is 4.77. The average Bonchev–Trinajstić information content (AvgIpc) is 3.56. The third kappa shape index (κ3) is 3.45. The van der Waals surface area contributed by atoms with E-state index >= 15 is 0 Å². The van der Waals surface area contributed by atoms with Gasteiger partial charge in [-0.3, -0.25) is 4.79 Å². The van der Waals surface area contributed by atoms with E-state index in [9.17, 15) is 4.79 Å². The van der Waals surface area contributed by atoms with Crippen molar-refractivity contribution in [1.82, 2.24) is 4.90 Å². The van der Waals surface area contributed by atoms with Crippen molar-refractivity contribution in [3.8, 4) is 0 Å². The molecule has 3 aromatic carbocycles. The number of carbonyl (C=O) groups excluding carboxylic acids is 1. The maximum absolute atomic E-state index is 12.8. The van der Waals surface area contributed by atoms with Gasteiger partial charge in [0.1, 0.15) is 15.9 Å². The lowest BCUT2D eigenvalue weighted by atomic mass is 9.98. The van der Waals surface area contributed by atoms with Crippen molar-refractivity contribution in [2.45, 2.75) is 31.2 Å². The van der Waals surface area contributed by atoms with Gasteiger partial charge in [0.2, 0.25) is 5.91 Å². The third-order valence-corrected chi connectivity index (χ3v) is 12.8. The Hall–Kier alpha value is -1.96. The molecule has 4 heteroatoms. The van der Waals surface area contributed by atoms with E-state index in [1.54, 1.807) is 0 Å². The quantitative estimate of drug-likeness (QED) is 0.498. The van der Waals surface area contributed by atoms with E-state index in [2.05, 4.69) is 105 Å². The minimum atomic E-state index is -1.89. The van der Waals surface area contributed by atoms with Crippen molar-refractivity contribution in [3.05, 3.63) is 90.5 Å². The topological polar surface area (TPSA) is 20.3 Å². The zero-order valence-electron chi connectivity index (χ0n) is 16.2. The van der Waals surface area contributed by atoms with E-state index < -0.39 is 5.96 Å². The van der Waals surface area contributed by atoms with Crippen LogP contribution in [0.25, 0.3) is 0 Å². The fourth-order valence-corrected chi connectivity index (χ4v) is 9.13. The van der Waals surface area contributed by atoms with Crippen molar-refractivity contribution in [3.63, 3.8) is 0 Å². The Morgan fingerprint density at radius 2 is 1.24 bits per heavy atom. The first-order chi connectivity index (χ1) is 14.2. The van der Waals surface area contributed by atoms with E-state index in [4.69, 9.17) is 0 Å². The molecule has 2 nitrogen and oxygen atoms in total. The minimum absolute atomic E-state index is 0.0289. The summed E-state index contributed by atoms with van der Waals surface area (Å²) in [5.74, 6) is -1.54. The molecule has 1 aliphatic carbocycles. The van der Waals surface area contributed by atoms with Crippen LogP contribution >= 0.6 is 21.5 Å². The zero-order chi connectivity index (χ0) is 19.8. The first kappa shape index (κ1) is 19.0. The summed E-state index contributed by atoms with van der Waals surface area (Å²) in [6, 6.07) is 30.7.